The smallest absolute Gasteiger partial charge is 0.146 e. The number of hydrogen-bond donors (Lipinski definition) is 0. The predicted molar refractivity (Wildman–Crippen MR) is 88.5 cm³/mol. The Kier molecular flexibility index (Phi) is 5.55. The molecule has 0 aromatic heterocycles. The summed E-state index contributed by atoms with van der Waals surface area (Å²) in [7, 11) is 0. The molecule has 0 N–H and O–H groups in total. The molecule has 0 unspecified atom stereocenters. The van der Waals surface area contributed by atoms with E-state index in [1.807, 2.05) is 43.3 Å². The van der Waals surface area contributed by atoms with Crippen molar-refractivity contribution in [2.75, 3.05) is 5.75 Å². The molecule has 2 rings (SSSR count). The molecule has 0 saturated carbocycles. The Morgan fingerprint density at radius 3 is 2.71 bits per heavy atom. The third-order valence-electron chi connectivity index (χ3n) is 3.03. The van der Waals surface area contributed by atoms with Crippen molar-refractivity contribution in [1.29, 1.82) is 5.26 Å². The van der Waals surface area contributed by atoms with E-state index < -0.39 is 0 Å². The highest BCUT2D eigenvalue weighted by atomic mass is 35.5. The molecular weight excluding hydrogens is 302 g/mol. The molecule has 0 spiro atoms. The summed E-state index contributed by atoms with van der Waals surface area (Å²) < 4.78 is 5.89. The van der Waals surface area contributed by atoms with Crippen molar-refractivity contribution in [3.63, 3.8) is 0 Å². The number of halogens is 1. The van der Waals surface area contributed by atoms with Crippen LogP contribution >= 0.6 is 23.4 Å². The van der Waals surface area contributed by atoms with Crippen LogP contribution < -0.4 is 4.74 Å². The number of aryl methyl sites for hydroxylation is 1. The monoisotopic (exact) mass is 317 g/mol. The Balaban J connectivity index is 2.35. The second kappa shape index (κ2) is 7.40. The third-order valence-corrected chi connectivity index (χ3v) is 4.33. The number of rotatable bonds is 5. The summed E-state index contributed by atoms with van der Waals surface area (Å²) in [6.07, 6.45) is 0.840. The molecule has 0 amide bonds. The van der Waals surface area contributed by atoms with Gasteiger partial charge in [-0.3, -0.25) is 0 Å². The maximum atomic E-state index is 9.38. The van der Waals surface area contributed by atoms with Crippen LogP contribution in [0.4, 0.5) is 0 Å². The number of ether oxygens (including phenoxy) is 1. The van der Waals surface area contributed by atoms with Crippen molar-refractivity contribution in [2.45, 2.75) is 25.2 Å². The van der Waals surface area contributed by atoms with E-state index in [1.165, 1.54) is 0 Å². The Bertz CT molecular complexity index is 679. The van der Waals surface area contributed by atoms with Gasteiger partial charge >= 0.3 is 0 Å². The SMILES string of the molecule is CCSc1cccc(Oc2ccc(Cl)c(CC)c2)c1C#N. The highest BCUT2D eigenvalue weighted by Crippen LogP contribution is 2.33. The van der Waals surface area contributed by atoms with Gasteiger partial charge in [-0.2, -0.15) is 5.26 Å². The standard InChI is InChI=1S/C17H16ClNOS/c1-3-12-10-13(8-9-15(12)18)20-16-6-5-7-17(21-4-2)14(16)11-19/h5-10H,3-4H2,1-2H3. The van der Waals surface area contributed by atoms with Crippen molar-refractivity contribution >= 4 is 23.4 Å². The third kappa shape index (κ3) is 3.72. The molecule has 0 radical (unpaired) electrons. The Labute approximate surface area is 134 Å². The first-order valence-corrected chi connectivity index (χ1v) is 8.18. The van der Waals surface area contributed by atoms with Crippen LogP contribution in [0.1, 0.15) is 25.0 Å². The van der Waals surface area contributed by atoms with Gasteiger partial charge in [0.15, 0.2) is 0 Å². The molecule has 0 fully saturated rings. The summed E-state index contributed by atoms with van der Waals surface area (Å²) in [6.45, 7) is 4.11. The lowest BCUT2D eigenvalue weighted by Crippen LogP contribution is -1.92. The quantitative estimate of drug-likeness (QED) is 0.665. The Hall–Kier alpha value is -1.63. The normalized spacial score (nSPS) is 10.2. The molecule has 0 aliphatic heterocycles. The minimum atomic E-state index is 0.581. The summed E-state index contributed by atoms with van der Waals surface area (Å²) >= 11 is 7.75. The number of hydrogen-bond acceptors (Lipinski definition) is 3. The van der Waals surface area contributed by atoms with Gasteiger partial charge in [-0.1, -0.05) is 31.5 Å². The number of nitriles is 1. The van der Waals surface area contributed by atoms with E-state index in [1.54, 1.807) is 11.8 Å². The maximum absolute atomic E-state index is 9.38. The highest BCUT2D eigenvalue weighted by Gasteiger charge is 2.11. The average molecular weight is 318 g/mol. The van der Waals surface area contributed by atoms with Crippen molar-refractivity contribution < 1.29 is 4.74 Å². The number of thioether (sulfide) groups is 1. The van der Waals surface area contributed by atoms with Gasteiger partial charge in [0, 0.05) is 9.92 Å². The molecule has 2 aromatic carbocycles. The average Bonchev–Trinajstić information content (AvgIpc) is 2.50. The largest absolute Gasteiger partial charge is 0.456 e. The zero-order valence-corrected chi connectivity index (χ0v) is 13.6. The Morgan fingerprint density at radius 2 is 2.05 bits per heavy atom. The second-order valence-corrected chi connectivity index (χ2v) is 6.10. The number of nitrogens with zero attached hydrogens (tertiary/aromatic N) is 1. The van der Waals surface area contributed by atoms with Gasteiger partial charge in [0.2, 0.25) is 0 Å². The van der Waals surface area contributed by atoms with Gasteiger partial charge in [0.05, 0.1) is 0 Å². The summed E-state index contributed by atoms with van der Waals surface area (Å²) in [5, 5.41) is 10.1. The van der Waals surface area contributed by atoms with Crippen LogP contribution in [0.25, 0.3) is 0 Å². The topological polar surface area (TPSA) is 33.0 Å². The van der Waals surface area contributed by atoms with Gasteiger partial charge in [-0.15, -0.1) is 11.8 Å². The fraction of sp³-hybridized carbons (Fsp3) is 0.235. The predicted octanol–water partition coefficient (Wildman–Crippen LogP) is 5.68. The lowest BCUT2D eigenvalue weighted by molar-refractivity contribution is 0.479. The van der Waals surface area contributed by atoms with Crippen LogP contribution in [-0.2, 0) is 6.42 Å². The molecule has 21 heavy (non-hydrogen) atoms. The highest BCUT2D eigenvalue weighted by molar-refractivity contribution is 7.99. The lowest BCUT2D eigenvalue weighted by atomic mass is 10.1. The minimum Gasteiger partial charge on any atom is -0.456 e. The summed E-state index contributed by atoms with van der Waals surface area (Å²) in [4.78, 5) is 0.946. The van der Waals surface area contributed by atoms with Crippen LogP contribution in [0.3, 0.4) is 0 Å². The zero-order chi connectivity index (χ0) is 15.2. The lowest BCUT2D eigenvalue weighted by Gasteiger charge is -2.11. The van der Waals surface area contributed by atoms with Crippen molar-refractivity contribution in [3.05, 3.63) is 52.5 Å². The minimum absolute atomic E-state index is 0.581. The van der Waals surface area contributed by atoms with E-state index in [4.69, 9.17) is 16.3 Å². The number of benzene rings is 2. The first-order valence-electron chi connectivity index (χ1n) is 6.81. The van der Waals surface area contributed by atoms with Crippen LogP contribution in [0.2, 0.25) is 5.02 Å². The van der Waals surface area contributed by atoms with E-state index in [0.29, 0.717) is 17.1 Å². The van der Waals surface area contributed by atoms with E-state index in [0.717, 1.165) is 27.7 Å². The van der Waals surface area contributed by atoms with Gasteiger partial charge in [0.25, 0.3) is 0 Å². The molecule has 2 aromatic rings. The van der Waals surface area contributed by atoms with E-state index >= 15 is 0 Å². The fourth-order valence-electron chi connectivity index (χ4n) is 1.99. The molecule has 0 heterocycles. The molecule has 108 valence electrons. The van der Waals surface area contributed by atoms with E-state index in [2.05, 4.69) is 13.0 Å². The molecular formula is C17H16ClNOS. The molecule has 0 saturated heterocycles. The molecule has 0 aliphatic carbocycles. The fourth-order valence-corrected chi connectivity index (χ4v) is 3.02. The summed E-state index contributed by atoms with van der Waals surface area (Å²) in [6, 6.07) is 13.5. The second-order valence-electron chi connectivity index (χ2n) is 4.38. The van der Waals surface area contributed by atoms with E-state index in [-0.39, 0.29) is 0 Å². The van der Waals surface area contributed by atoms with Crippen LogP contribution in [0.15, 0.2) is 41.3 Å². The molecule has 0 bridgehead atoms. The van der Waals surface area contributed by atoms with Gasteiger partial charge in [-0.25, -0.2) is 0 Å². The van der Waals surface area contributed by atoms with Gasteiger partial charge in [0.1, 0.15) is 23.1 Å². The van der Waals surface area contributed by atoms with E-state index in [9.17, 15) is 5.26 Å². The van der Waals surface area contributed by atoms with Crippen LogP contribution in [0.5, 0.6) is 11.5 Å². The summed E-state index contributed by atoms with van der Waals surface area (Å²) in [5.41, 5.74) is 1.61. The first-order chi connectivity index (χ1) is 10.2. The van der Waals surface area contributed by atoms with Gasteiger partial charge < -0.3 is 4.74 Å². The molecule has 4 heteroatoms. The molecule has 0 atom stereocenters. The van der Waals surface area contributed by atoms with Crippen molar-refractivity contribution in [3.8, 4) is 17.6 Å². The van der Waals surface area contributed by atoms with Gasteiger partial charge in [-0.05, 0) is 48.1 Å². The van der Waals surface area contributed by atoms with Crippen LogP contribution in [0, 0.1) is 11.3 Å². The Morgan fingerprint density at radius 1 is 1.24 bits per heavy atom. The summed E-state index contributed by atoms with van der Waals surface area (Å²) in [5.74, 6) is 2.20. The van der Waals surface area contributed by atoms with Crippen molar-refractivity contribution in [2.24, 2.45) is 0 Å². The molecule has 2 nitrogen and oxygen atoms in total. The first kappa shape index (κ1) is 15.8. The van der Waals surface area contributed by atoms with Crippen molar-refractivity contribution in [1.82, 2.24) is 0 Å². The molecule has 0 aliphatic rings. The maximum Gasteiger partial charge on any atom is 0.146 e. The zero-order valence-electron chi connectivity index (χ0n) is 12.0. The van der Waals surface area contributed by atoms with Crippen LogP contribution in [-0.4, -0.2) is 5.75 Å².